The summed E-state index contributed by atoms with van der Waals surface area (Å²) in [5, 5.41) is 14.0. The molecule has 0 bridgehead atoms. The quantitative estimate of drug-likeness (QED) is 0.203. The van der Waals surface area contributed by atoms with E-state index in [0.29, 0.717) is 29.4 Å². The van der Waals surface area contributed by atoms with Crippen LogP contribution in [0.4, 0.5) is 29.3 Å². The lowest BCUT2D eigenvalue weighted by Crippen LogP contribution is -2.32. The van der Waals surface area contributed by atoms with Gasteiger partial charge in [0.05, 0.1) is 17.8 Å². The third-order valence-electron chi connectivity index (χ3n) is 6.25. The molecular weight excluding hydrogens is 581 g/mol. The third-order valence-corrected chi connectivity index (χ3v) is 7.18. The van der Waals surface area contributed by atoms with Gasteiger partial charge in [0.1, 0.15) is 5.75 Å². The van der Waals surface area contributed by atoms with Crippen LogP contribution in [0, 0.1) is 26.2 Å². The Morgan fingerprint density at radius 3 is 2.35 bits per heavy atom. The average molecular weight is 611 g/mol. The molecule has 1 heterocycles. The first-order chi connectivity index (χ1) is 20.4. The second-order valence-electron chi connectivity index (χ2n) is 9.66. The Bertz CT molecular complexity index is 1550. The molecule has 0 saturated carbocycles. The first-order valence-corrected chi connectivity index (χ1v) is 14.1. The van der Waals surface area contributed by atoms with Crippen molar-refractivity contribution in [3.63, 3.8) is 0 Å². The van der Waals surface area contributed by atoms with Crippen molar-refractivity contribution in [2.75, 3.05) is 22.5 Å². The van der Waals surface area contributed by atoms with Gasteiger partial charge >= 0.3 is 12.4 Å². The molecule has 0 radical (unpaired) electrons. The van der Waals surface area contributed by atoms with Crippen LogP contribution in [0.2, 0.25) is 0 Å². The van der Waals surface area contributed by atoms with Crippen LogP contribution in [-0.4, -0.2) is 47.9 Å². The first kappa shape index (κ1) is 31.3. The minimum Gasteiger partial charge on any atom is -0.406 e. The number of nitrogens with one attached hydrogen (secondary N) is 3. The Balaban J connectivity index is 1.26. The molecule has 0 spiro atoms. The maximum absolute atomic E-state index is 12.6. The maximum Gasteiger partial charge on any atom is 0.573 e. The van der Waals surface area contributed by atoms with Crippen LogP contribution in [0.25, 0.3) is 0 Å². The zero-order chi connectivity index (χ0) is 31.1. The standard InChI is InChI=1S/C30H29F3N6O3S/c1-18-14-19(2)26(20(3)15-18)39-25(40)16-43-29(39)38-28(41)35-13-12-21-4-6-22(7-5-21)27(34)37-17-36-23-8-10-24(11-9-23)42-30(31,32)33/h4-11,14-15,17H,12-13,16H2,1-3H3,(H,35,41)(H2,34,36,37)/b38-29-. The molecule has 1 saturated heterocycles. The minimum absolute atomic E-state index is 0.0209. The molecule has 0 aromatic heterocycles. The van der Waals surface area contributed by atoms with Gasteiger partial charge in [0.2, 0.25) is 5.91 Å². The topological polar surface area (TPSA) is 119 Å². The van der Waals surface area contributed by atoms with Gasteiger partial charge in [0, 0.05) is 17.8 Å². The molecule has 13 heteroatoms. The van der Waals surface area contributed by atoms with Gasteiger partial charge in [-0.25, -0.2) is 9.79 Å². The van der Waals surface area contributed by atoms with Crippen molar-refractivity contribution in [3.05, 3.63) is 88.5 Å². The highest BCUT2D eigenvalue weighted by atomic mass is 32.2. The lowest BCUT2D eigenvalue weighted by atomic mass is 10.0. The Labute approximate surface area is 250 Å². The number of rotatable bonds is 8. The Kier molecular flexibility index (Phi) is 9.86. The van der Waals surface area contributed by atoms with Crippen molar-refractivity contribution in [1.29, 1.82) is 5.41 Å². The van der Waals surface area contributed by atoms with Gasteiger partial charge in [-0.2, -0.15) is 4.99 Å². The fourth-order valence-electron chi connectivity index (χ4n) is 4.46. The Morgan fingerprint density at radius 1 is 1.07 bits per heavy atom. The van der Waals surface area contributed by atoms with Crippen molar-refractivity contribution in [2.45, 2.75) is 33.6 Å². The lowest BCUT2D eigenvalue weighted by Gasteiger charge is -2.21. The van der Waals surface area contributed by atoms with E-state index in [4.69, 9.17) is 5.41 Å². The number of halogens is 3. The van der Waals surface area contributed by atoms with Crippen LogP contribution in [-0.2, 0) is 11.2 Å². The van der Waals surface area contributed by atoms with Crippen LogP contribution >= 0.6 is 11.8 Å². The van der Waals surface area contributed by atoms with Crippen LogP contribution in [0.1, 0.15) is 27.8 Å². The first-order valence-electron chi connectivity index (χ1n) is 13.1. The molecule has 0 atom stereocenters. The van der Waals surface area contributed by atoms with Gasteiger partial charge in [-0.15, -0.1) is 13.2 Å². The highest BCUT2D eigenvalue weighted by Crippen LogP contribution is 2.33. The summed E-state index contributed by atoms with van der Waals surface area (Å²) in [4.78, 5) is 34.9. The number of amidine groups is 2. The summed E-state index contributed by atoms with van der Waals surface area (Å²) in [6.07, 6.45) is -2.97. The van der Waals surface area contributed by atoms with Gasteiger partial charge in [-0.3, -0.25) is 15.1 Å². The predicted molar refractivity (Wildman–Crippen MR) is 164 cm³/mol. The summed E-state index contributed by atoms with van der Waals surface area (Å²) in [7, 11) is 0. The molecule has 9 nitrogen and oxygen atoms in total. The Morgan fingerprint density at radius 2 is 1.72 bits per heavy atom. The molecule has 0 unspecified atom stereocenters. The number of carbonyl (C=O) groups is 2. The molecule has 1 fully saturated rings. The fourth-order valence-corrected chi connectivity index (χ4v) is 5.31. The molecular formula is C30H29F3N6O3S. The van der Waals surface area contributed by atoms with Crippen molar-refractivity contribution in [2.24, 2.45) is 9.98 Å². The van der Waals surface area contributed by atoms with Crippen LogP contribution in [0.15, 0.2) is 70.6 Å². The molecule has 3 N–H and O–H groups in total. The summed E-state index contributed by atoms with van der Waals surface area (Å²) in [5.41, 5.74) is 5.67. The molecule has 43 heavy (non-hydrogen) atoms. The van der Waals surface area contributed by atoms with Gasteiger partial charge in [0.25, 0.3) is 0 Å². The fraction of sp³-hybridized carbons (Fsp3) is 0.233. The van der Waals surface area contributed by atoms with Crippen LogP contribution in [0.5, 0.6) is 5.75 Å². The predicted octanol–water partition coefficient (Wildman–Crippen LogP) is 6.36. The maximum atomic E-state index is 12.6. The SMILES string of the molecule is Cc1cc(C)c(N2C(=O)CS/C2=N\C(=O)NCCc2ccc(C(=N)/N=C\Nc3ccc(OC(F)(F)F)cc3)cc2)c(C)c1. The summed E-state index contributed by atoms with van der Waals surface area (Å²) in [6.45, 7) is 6.18. The number of nitrogens with zero attached hydrogens (tertiary/aromatic N) is 3. The smallest absolute Gasteiger partial charge is 0.406 e. The number of aliphatic imine (C=N–C) groups is 2. The van der Waals surface area contributed by atoms with E-state index in [1.807, 2.05) is 45.0 Å². The molecule has 4 rings (SSSR count). The van der Waals surface area contributed by atoms with E-state index in [2.05, 4.69) is 25.4 Å². The zero-order valence-corrected chi connectivity index (χ0v) is 24.4. The van der Waals surface area contributed by atoms with Crippen LogP contribution < -0.4 is 20.3 Å². The molecule has 3 aromatic rings. The summed E-state index contributed by atoms with van der Waals surface area (Å²) in [6, 6.07) is 15.7. The monoisotopic (exact) mass is 610 g/mol. The molecule has 3 aromatic carbocycles. The van der Waals surface area contributed by atoms with Gasteiger partial charge in [-0.1, -0.05) is 53.7 Å². The molecule has 224 valence electrons. The van der Waals surface area contributed by atoms with E-state index in [0.717, 1.165) is 27.9 Å². The molecule has 1 aliphatic rings. The van der Waals surface area contributed by atoms with Crippen LogP contribution in [0.3, 0.4) is 0 Å². The molecule has 1 aliphatic heterocycles. The highest BCUT2D eigenvalue weighted by molar-refractivity contribution is 8.15. The van der Waals surface area contributed by atoms with E-state index >= 15 is 0 Å². The van der Waals surface area contributed by atoms with E-state index in [1.54, 1.807) is 12.1 Å². The summed E-state index contributed by atoms with van der Waals surface area (Å²) >= 11 is 1.23. The number of hydrogen-bond donors (Lipinski definition) is 3. The number of ether oxygens (including phenoxy) is 1. The number of hydrogen-bond acceptors (Lipinski definition) is 5. The number of benzene rings is 3. The summed E-state index contributed by atoms with van der Waals surface area (Å²) < 4.78 is 40.6. The number of aryl methyl sites for hydroxylation is 3. The van der Waals surface area contributed by atoms with E-state index in [-0.39, 0.29) is 23.2 Å². The highest BCUT2D eigenvalue weighted by Gasteiger charge is 2.32. The number of alkyl halides is 3. The largest absolute Gasteiger partial charge is 0.573 e. The number of carbonyl (C=O) groups excluding carboxylic acids is 2. The van der Waals surface area contributed by atoms with Crippen molar-refractivity contribution in [1.82, 2.24) is 5.32 Å². The zero-order valence-electron chi connectivity index (χ0n) is 23.6. The number of thioether (sulfide) groups is 1. The minimum atomic E-state index is -4.76. The van der Waals surface area contributed by atoms with Gasteiger partial charge in [0.15, 0.2) is 11.0 Å². The number of amides is 3. The van der Waals surface area contributed by atoms with E-state index in [1.165, 1.54) is 47.3 Å². The second kappa shape index (κ2) is 13.6. The summed E-state index contributed by atoms with van der Waals surface area (Å²) in [5.74, 6) is -0.262. The second-order valence-corrected chi connectivity index (χ2v) is 10.6. The normalized spacial score (nSPS) is 14.4. The lowest BCUT2D eigenvalue weighted by molar-refractivity contribution is -0.274. The number of anilines is 2. The third kappa shape index (κ3) is 8.67. The van der Waals surface area contributed by atoms with Crippen molar-refractivity contribution < 1.29 is 27.5 Å². The molecule has 3 amide bonds. The molecule has 0 aliphatic carbocycles. The van der Waals surface area contributed by atoms with Crippen molar-refractivity contribution in [3.8, 4) is 5.75 Å². The van der Waals surface area contributed by atoms with E-state index in [9.17, 15) is 22.8 Å². The van der Waals surface area contributed by atoms with Gasteiger partial charge < -0.3 is 15.4 Å². The van der Waals surface area contributed by atoms with E-state index < -0.39 is 12.4 Å². The Hall–Kier alpha value is -4.65. The average Bonchev–Trinajstić information content (AvgIpc) is 3.27. The van der Waals surface area contributed by atoms with Gasteiger partial charge in [-0.05, 0) is 68.1 Å². The number of urea groups is 1. The van der Waals surface area contributed by atoms with Crippen molar-refractivity contribution >= 4 is 52.4 Å².